The first kappa shape index (κ1) is 21.6. The van der Waals surface area contributed by atoms with Gasteiger partial charge in [-0.1, -0.05) is 66.3 Å². The monoisotopic (exact) mass is 376 g/mol. The largest absolute Gasteiger partial charge is 0.494 e. The lowest BCUT2D eigenvalue weighted by Gasteiger charge is -2.05. The summed E-state index contributed by atoms with van der Waals surface area (Å²) in [7, 11) is 0. The van der Waals surface area contributed by atoms with E-state index in [-0.39, 0.29) is 0 Å². The van der Waals surface area contributed by atoms with Crippen LogP contribution in [0.4, 0.5) is 0 Å². The van der Waals surface area contributed by atoms with Crippen LogP contribution in [0, 0.1) is 13.8 Å². The van der Waals surface area contributed by atoms with Gasteiger partial charge in [0.1, 0.15) is 11.5 Å². The molecule has 0 fully saturated rings. The molecule has 0 aliphatic heterocycles. The number of hydrogen-bond donors (Lipinski definition) is 0. The molecule has 0 unspecified atom stereocenters. The van der Waals surface area contributed by atoms with Crippen molar-refractivity contribution in [2.24, 2.45) is 0 Å². The van der Waals surface area contributed by atoms with E-state index in [2.05, 4.69) is 74.6 Å². The van der Waals surface area contributed by atoms with Crippen LogP contribution in [0.2, 0.25) is 0 Å². The lowest BCUT2D eigenvalue weighted by Crippen LogP contribution is -1.96. The maximum absolute atomic E-state index is 5.74. The standard InChI is InChI=1S/C26H32O2/c1-23-16-18-25(19-17-23)27-20-11-9-7-5-3-4-6-8-10-12-21-28-26-15-13-14-24(2)22-26/h3-8,13-19,22H,9-12,20-21H2,1-2H3/b4-3-,7-5+,8-6+. The second kappa shape index (κ2) is 13.4. The van der Waals surface area contributed by atoms with E-state index < -0.39 is 0 Å². The molecule has 0 amide bonds. The number of benzene rings is 2. The van der Waals surface area contributed by atoms with Crippen molar-refractivity contribution in [1.82, 2.24) is 0 Å². The highest BCUT2D eigenvalue weighted by Crippen LogP contribution is 2.13. The predicted molar refractivity (Wildman–Crippen MR) is 119 cm³/mol. The van der Waals surface area contributed by atoms with Crippen LogP contribution in [-0.2, 0) is 0 Å². The molecule has 0 spiro atoms. The van der Waals surface area contributed by atoms with Crippen molar-refractivity contribution in [3.63, 3.8) is 0 Å². The summed E-state index contributed by atoms with van der Waals surface area (Å²) in [6, 6.07) is 16.4. The van der Waals surface area contributed by atoms with E-state index in [4.69, 9.17) is 9.47 Å². The molecular formula is C26H32O2. The molecule has 2 aromatic carbocycles. The van der Waals surface area contributed by atoms with E-state index in [0.717, 1.165) is 50.4 Å². The van der Waals surface area contributed by atoms with E-state index in [0.29, 0.717) is 0 Å². The van der Waals surface area contributed by atoms with E-state index in [9.17, 15) is 0 Å². The molecule has 0 saturated carbocycles. The number of unbranched alkanes of at least 4 members (excludes halogenated alkanes) is 2. The maximum Gasteiger partial charge on any atom is 0.119 e. The lowest BCUT2D eigenvalue weighted by atomic mass is 10.2. The van der Waals surface area contributed by atoms with E-state index in [1.165, 1.54) is 11.1 Å². The number of rotatable bonds is 12. The highest BCUT2D eigenvalue weighted by Gasteiger charge is 1.93. The number of aryl methyl sites for hydroxylation is 2. The van der Waals surface area contributed by atoms with Gasteiger partial charge in [0, 0.05) is 0 Å². The van der Waals surface area contributed by atoms with Crippen LogP contribution in [0.3, 0.4) is 0 Å². The van der Waals surface area contributed by atoms with Crippen LogP contribution in [-0.4, -0.2) is 13.2 Å². The van der Waals surface area contributed by atoms with Crippen molar-refractivity contribution in [2.75, 3.05) is 13.2 Å². The molecule has 0 atom stereocenters. The van der Waals surface area contributed by atoms with Gasteiger partial charge in [0.2, 0.25) is 0 Å². The van der Waals surface area contributed by atoms with Gasteiger partial charge < -0.3 is 9.47 Å². The molecule has 0 aliphatic carbocycles. The number of ether oxygens (including phenoxy) is 2. The first-order chi connectivity index (χ1) is 13.7. The normalized spacial score (nSPS) is 11.6. The summed E-state index contributed by atoms with van der Waals surface area (Å²) in [4.78, 5) is 0. The van der Waals surface area contributed by atoms with E-state index >= 15 is 0 Å². The first-order valence-corrected chi connectivity index (χ1v) is 10.1. The van der Waals surface area contributed by atoms with Gasteiger partial charge in [0.05, 0.1) is 13.2 Å². The molecule has 0 saturated heterocycles. The minimum atomic E-state index is 0.752. The molecule has 2 aromatic rings. The van der Waals surface area contributed by atoms with Crippen molar-refractivity contribution in [2.45, 2.75) is 39.5 Å². The fourth-order valence-electron chi connectivity index (χ4n) is 2.60. The van der Waals surface area contributed by atoms with Crippen molar-refractivity contribution in [3.05, 3.63) is 96.1 Å². The highest BCUT2D eigenvalue weighted by atomic mass is 16.5. The summed E-state index contributed by atoms with van der Waals surface area (Å²) >= 11 is 0. The summed E-state index contributed by atoms with van der Waals surface area (Å²) in [5.74, 6) is 1.90. The SMILES string of the molecule is Cc1ccc(OCCC/C=C/C=C\C=C\CCCOc2cccc(C)c2)cc1. The highest BCUT2D eigenvalue weighted by molar-refractivity contribution is 5.27. The molecule has 0 aromatic heterocycles. The molecule has 2 nitrogen and oxygen atoms in total. The van der Waals surface area contributed by atoms with Crippen LogP contribution in [0.25, 0.3) is 0 Å². The summed E-state index contributed by atoms with van der Waals surface area (Å²) < 4.78 is 11.5. The van der Waals surface area contributed by atoms with Crippen LogP contribution in [0.5, 0.6) is 11.5 Å². The van der Waals surface area contributed by atoms with Crippen LogP contribution in [0.15, 0.2) is 85.0 Å². The topological polar surface area (TPSA) is 18.5 Å². The van der Waals surface area contributed by atoms with Gasteiger partial charge >= 0.3 is 0 Å². The zero-order valence-electron chi connectivity index (χ0n) is 17.1. The molecule has 0 heterocycles. The third kappa shape index (κ3) is 9.82. The third-order valence-corrected chi connectivity index (χ3v) is 4.18. The maximum atomic E-state index is 5.74. The first-order valence-electron chi connectivity index (χ1n) is 10.1. The second-order valence-corrected chi connectivity index (χ2v) is 6.85. The van der Waals surface area contributed by atoms with Gasteiger partial charge in [-0.15, -0.1) is 0 Å². The molecule has 0 N–H and O–H groups in total. The van der Waals surface area contributed by atoms with E-state index in [1.807, 2.05) is 24.3 Å². The van der Waals surface area contributed by atoms with Crippen molar-refractivity contribution >= 4 is 0 Å². The minimum absolute atomic E-state index is 0.752. The van der Waals surface area contributed by atoms with Crippen molar-refractivity contribution in [1.29, 1.82) is 0 Å². The number of allylic oxidation sites excluding steroid dienone is 6. The summed E-state index contributed by atoms with van der Waals surface area (Å²) in [6.45, 7) is 5.66. The lowest BCUT2D eigenvalue weighted by molar-refractivity contribution is 0.312. The van der Waals surface area contributed by atoms with Gasteiger partial charge in [0.15, 0.2) is 0 Å². The van der Waals surface area contributed by atoms with Crippen molar-refractivity contribution in [3.8, 4) is 11.5 Å². The van der Waals surface area contributed by atoms with Crippen LogP contribution in [0.1, 0.15) is 36.8 Å². The predicted octanol–water partition coefficient (Wildman–Crippen LogP) is 6.99. The van der Waals surface area contributed by atoms with Crippen LogP contribution < -0.4 is 9.47 Å². The molecule has 28 heavy (non-hydrogen) atoms. The average molecular weight is 377 g/mol. The fourth-order valence-corrected chi connectivity index (χ4v) is 2.60. The zero-order chi connectivity index (χ0) is 19.9. The molecule has 0 radical (unpaired) electrons. The Morgan fingerprint density at radius 3 is 1.86 bits per heavy atom. The van der Waals surface area contributed by atoms with Gasteiger partial charge in [-0.05, 0) is 69.4 Å². The van der Waals surface area contributed by atoms with Gasteiger partial charge in [-0.25, -0.2) is 0 Å². The Hall–Kier alpha value is -2.74. The Balaban J connectivity index is 1.45. The molecule has 0 bridgehead atoms. The quantitative estimate of drug-likeness (QED) is 0.293. The Kier molecular flexibility index (Phi) is 10.3. The Bertz CT molecular complexity index is 754. The second-order valence-electron chi connectivity index (χ2n) is 6.85. The summed E-state index contributed by atoms with van der Waals surface area (Å²) in [5.41, 5.74) is 2.49. The zero-order valence-corrected chi connectivity index (χ0v) is 17.1. The smallest absolute Gasteiger partial charge is 0.119 e. The summed E-state index contributed by atoms with van der Waals surface area (Å²) in [5, 5.41) is 0. The average Bonchev–Trinajstić information content (AvgIpc) is 2.69. The summed E-state index contributed by atoms with van der Waals surface area (Å²) in [6.07, 6.45) is 16.8. The Morgan fingerprint density at radius 1 is 0.643 bits per heavy atom. The van der Waals surface area contributed by atoms with Gasteiger partial charge in [0.25, 0.3) is 0 Å². The molecule has 0 aliphatic rings. The van der Waals surface area contributed by atoms with Crippen molar-refractivity contribution < 1.29 is 9.47 Å². The third-order valence-electron chi connectivity index (χ3n) is 4.18. The molecule has 2 heteroatoms. The molecule has 2 rings (SSSR count). The Labute approximate surface area is 170 Å². The number of hydrogen-bond acceptors (Lipinski definition) is 2. The van der Waals surface area contributed by atoms with Gasteiger partial charge in [-0.3, -0.25) is 0 Å². The van der Waals surface area contributed by atoms with Gasteiger partial charge in [-0.2, -0.15) is 0 Å². The fraction of sp³-hybridized carbons (Fsp3) is 0.308. The van der Waals surface area contributed by atoms with E-state index in [1.54, 1.807) is 0 Å². The Morgan fingerprint density at radius 2 is 1.25 bits per heavy atom. The molecule has 148 valence electrons. The minimum Gasteiger partial charge on any atom is -0.494 e. The molecular weight excluding hydrogens is 344 g/mol. The van der Waals surface area contributed by atoms with Crippen LogP contribution >= 0.6 is 0 Å².